The van der Waals surface area contributed by atoms with Crippen LogP contribution in [0.2, 0.25) is 0 Å². The minimum atomic E-state index is -0.312. The molecule has 0 unspecified atom stereocenters. The zero-order valence-corrected chi connectivity index (χ0v) is 13.7. The number of rotatable bonds is 7. The number of unbranched alkanes of at least 4 members (excludes halogenated alkanes) is 3. The molecule has 122 valence electrons. The van der Waals surface area contributed by atoms with Crippen LogP contribution in [0.1, 0.15) is 81.8 Å². The van der Waals surface area contributed by atoms with Crippen LogP contribution in [0.5, 0.6) is 0 Å². The molecule has 0 nitrogen and oxygen atoms in total. The van der Waals surface area contributed by atoms with Crippen molar-refractivity contribution in [2.45, 2.75) is 70.6 Å². The van der Waals surface area contributed by atoms with Gasteiger partial charge < -0.3 is 0 Å². The highest BCUT2D eigenvalue weighted by molar-refractivity contribution is 5.49. The summed E-state index contributed by atoms with van der Waals surface area (Å²) >= 11 is 0. The van der Waals surface area contributed by atoms with E-state index in [1.807, 2.05) is 6.07 Å². The van der Waals surface area contributed by atoms with Crippen LogP contribution in [0, 0.1) is 11.7 Å². The van der Waals surface area contributed by atoms with Gasteiger partial charge in [0.05, 0.1) is 6.33 Å². The van der Waals surface area contributed by atoms with Crippen molar-refractivity contribution in [2.24, 2.45) is 5.92 Å². The first kappa shape index (κ1) is 17.2. The lowest BCUT2D eigenvalue weighted by atomic mass is 9.77. The highest BCUT2D eigenvalue weighted by Crippen LogP contribution is 2.38. The lowest BCUT2D eigenvalue weighted by molar-refractivity contribution is 0.302. The summed E-state index contributed by atoms with van der Waals surface area (Å²) in [6.07, 6.45) is 13.2. The lowest BCUT2D eigenvalue weighted by Crippen LogP contribution is -2.13. The maximum absolute atomic E-state index is 13.9. The average Bonchev–Trinajstić information content (AvgIpc) is 2.54. The third kappa shape index (κ3) is 4.93. The Hall–Kier alpha value is -1.18. The van der Waals surface area contributed by atoms with Crippen LogP contribution in [0.4, 0.5) is 8.78 Å². The fraction of sp³-hybridized carbons (Fsp3) is 0.600. The molecule has 0 spiro atoms. The first-order chi connectivity index (χ1) is 10.7. The Morgan fingerprint density at radius 3 is 2.50 bits per heavy atom. The van der Waals surface area contributed by atoms with Crippen LogP contribution in [0.3, 0.4) is 0 Å². The second-order valence-corrected chi connectivity index (χ2v) is 6.64. The molecule has 22 heavy (non-hydrogen) atoms. The molecular formula is C20H28F2. The van der Waals surface area contributed by atoms with Crippen LogP contribution in [-0.2, 0) is 0 Å². The summed E-state index contributed by atoms with van der Waals surface area (Å²) in [4.78, 5) is 0. The van der Waals surface area contributed by atoms with Crippen molar-refractivity contribution in [2.75, 3.05) is 0 Å². The Morgan fingerprint density at radius 2 is 1.86 bits per heavy atom. The summed E-state index contributed by atoms with van der Waals surface area (Å²) in [6, 6.07) is 5.25. The molecule has 0 amide bonds. The molecular weight excluding hydrogens is 278 g/mol. The Balaban J connectivity index is 1.82. The van der Waals surface area contributed by atoms with Crippen LogP contribution in [0.25, 0.3) is 6.08 Å². The summed E-state index contributed by atoms with van der Waals surface area (Å²) in [6.45, 7) is 2.25. The zero-order chi connectivity index (χ0) is 15.8. The van der Waals surface area contributed by atoms with Gasteiger partial charge in [-0.3, -0.25) is 0 Å². The monoisotopic (exact) mass is 306 g/mol. The maximum atomic E-state index is 13.9. The topological polar surface area (TPSA) is 0 Å². The molecule has 1 aliphatic rings. The van der Waals surface area contributed by atoms with Crippen molar-refractivity contribution in [1.82, 2.24) is 0 Å². The number of benzene rings is 1. The van der Waals surface area contributed by atoms with E-state index in [0.717, 1.165) is 24.3 Å². The van der Waals surface area contributed by atoms with E-state index in [1.54, 1.807) is 12.1 Å². The highest BCUT2D eigenvalue weighted by Gasteiger charge is 2.22. The molecule has 0 heterocycles. The van der Waals surface area contributed by atoms with E-state index < -0.39 is 0 Å². The SMILES string of the molecule is CCCCCCC1CCC(c2ccc(/C=C/F)c(F)c2)CC1. The summed E-state index contributed by atoms with van der Waals surface area (Å²) in [5, 5.41) is 0. The van der Waals surface area contributed by atoms with E-state index >= 15 is 0 Å². The van der Waals surface area contributed by atoms with E-state index in [2.05, 4.69) is 6.92 Å². The molecule has 1 fully saturated rings. The molecule has 2 heteroatoms. The number of halogens is 2. The molecule has 1 aromatic rings. The normalized spacial score (nSPS) is 22.3. The van der Waals surface area contributed by atoms with E-state index in [0.29, 0.717) is 17.8 Å². The smallest absolute Gasteiger partial charge is 0.130 e. The van der Waals surface area contributed by atoms with E-state index in [4.69, 9.17) is 0 Å². The Labute approximate surface area is 133 Å². The third-order valence-corrected chi connectivity index (χ3v) is 5.05. The molecule has 1 aliphatic carbocycles. The summed E-state index contributed by atoms with van der Waals surface area (Å²) < 4.78 is 26.0. The van der Waals surface area contributed by atoms with Crippen LogP contribution < -0.4 is 0 Å². The Kier molecular flexibility index (Phi) is 7.08. The van der Waals surface area contributed by atoms with Gasteiger partial charge in [0, 0.05) is 5.56 Å². The van der Waals surface area contributed by atoms with Gasteiger partial charge in [0.25, 0.3) is 0 Å². The average molecular weight is 306 g/mol. The van der Waals surface area contributed by atoms with Gasteiger partial charge in [0.15, 0.2) is 0 Å². The molecule has 0 bridgehead atoms. The third-order valence-electron chi connectivity index (χ3n) is 5.05. The van der Waals surface area contributed by atoms with Gasteiger partial charge in [-0.05, 0) is 55.2 Å². The van der Waals surface area contributed by atoms with Gasteiger partial charge in [0.1, 0.15) is 5.82 Å². The van der Waals surface area contributed by atoms with Gasteiger partial charge in [-0.15, -0.1) is 0 Å². The fourth-order valence-corrected chi connectivity index (χ4v) is 3.64. The molecule has 0 radical (unpaired) electrons. The molecule has 2 rings (SSSR count). The minimum absolute atomic E-state index is 0.312. The minimum Gasteiger partial charge on any atom is -0.216 e. The maximum Gasteiger partial charge on any atom is 0.130 e. The van der Waals surface area contributed by atoms with Gasteiger partial charge in [-0.2, -0.15) is 0 Å². The van der Waals surface area contributed by atoms with Crippen LogP contribution in [0.15, 0.2) is 24.5 Å². The zero-order valence-electron chi connectivity index (χ0n) is 13.7. The second-order valence-electron chi connectivity index (χ2n) is 6.64. The molecule has 0 atom stereocenters. The van der Waals surface area contributed by atoms with Gasteiger partial charge in [-0.25, -0.2) is 8.78 Å². The summed E-state index contributed by atoms with van der Waals surface area (Å²) in [5.74, 6) is 1.03. The Morgan fingerprint density at radius 1 is 1.09 bits per heavy atom. The standard InChI is InChI=1S/C20H28F2/c1-2-3-4-5-6-16-7-9-17(10-8-16)19-12-11-18(13-14-21)20(22)15-19/h11-17H,2-10H2,1H3/b14-13+. The second kappa shape index (κ2) is 9.07. The van der Waals surface area contributed by atoms with E-state index in [9.17, 15) is 8.78 Å². The van der Waals surface area contributed by atoms with E-state index in [1.165, 1.54) is 51.0 Å². The summed E-state index contributed by atoms with van der Waals surface area (Å²) in [7, 11) is 0. The first-order valence-electron chi connectivity index (χ1n) is 8.80. The lowest BCUT2D eigenvalue weighted by Gasteiger charge is -2.29. The number of hydrogen-bond acceptors (Lipinski definition) is 0. The van der Waals surface area contributed by atoms with Gasteiger partial charge in [0.2, 0.25) is 0 Å². The molecule has 0 aliphatic heterocycles. The largest absolute Gasteiger partial charge is 0.216 e. The van der Waals surface area contributed by atoms with Crippen molar-refractivity contribution in [3.05, 3.63) is 41.5 Å². The predicted octanol–water partition coefficient (Wildman–Crippen LogP) is 7.01. The van der Waals surface area contributed by atoms with Crippen molar-refractivity contribution >= 4 is 6.08 Å². The summed E-state index contributed by atoms with van der Waals surface area (Å²) in [5.41, 5.74) is 1.41. The van der Waals surface area contributed by atoms with Crippen LogP contribution >= 0.6 is 0 Å². The molecule has 0 N–H and O–H groups in total. The first-order valence-corrected chi connectivity index (χ1v) is 8.80. The quantitative estimate of drug-likeness (QED) is 0.475. The van der Waals surface area contributed by atoms with Gasteiger partial charge >= 0.3 is 0 Å². The molecule has 1 aromatic carbocycles. The van der Waals surface area contributed by atoms with Crippen molar-refractivity contribution in [3.8, 4) is 0 Å². The van der Waals surface area contributed by atoms with Crippen molar-refractivity contribution in [3.63, 3.8) is 0 Å². The molecule has 1 saturated carbocycles. The van der Waals surface area contributed by atoms with Crippen LogP contribution in [-0.4, -0.2) is 0 Å². The molecule has 0 aromatic heterocycles. The molecule has 0 saturated heterocycles. The van der Waals surface area contributed by atoms with Gasteiger partial charge in [-0.1, -0.05) is 51.2 Å². The Bertz CT molecular complexity index is 471. The van der Waals surface area contributed by atoms with Crippen molar-refractivity contribution < 1.29 is 8.78 Å². The number of hydrogen-bond donors (Lipinski definition) is 0. The van der Waals surface area contributed by atoms with E-state index in [-0.39, 0.29) is 5.82 Å². The predicted molar refractivity (Wildman–Crippen MR) is 90.0 cm³/mol. The highest BCUT2D eigenvalue weighted by atomic mass is 19.1. The fourth-order valence-electron chi connectivity index (χ4n) is 3.64. The van der Waals surface area contributed by atoms with Crippen molar-refractivity contribution in [1.29, 1.82) is 0 Å².